The standard InChI is InChI=1S/C19H27ClN6/c1-5-18-25-23-13-26(18)11-10-21-19(22-12-14(2)3)24-15(4)16-8-6-7-9-17(16)20/h6-9,13,15H,2,5,10-12H2,1,3-4H3,(H2,21,22,24). The molecule has 0 aliphatic heterocycles. The van der Waals surface area contributed by atoms with Gasteiger partial charge in [-0.05, 0) is 25.5 Å². The number of halogens is 1. The summed E-state index contributed by atoms with van der Waals surface area (Å²) in [6.45, 7) is 12.1. The van der Waals surface area contributed by atoms with Crippen molar-refractivity contribution in [2.75, 3.05) is 13.1 Å². The van der Waals surface area contributed by atoms with Crippen LogP contribution in [0.15, 0.2) is 47.7 Å². The summed E-state index contributed by atoms with van der Waals surface area (Å²) in [6, 6.07) is 7.85. The van der Waals surface area contributed by atoms with E-state index < -0.39 is 0 Å². The van der Waals surface area contributed by atoms with Crippen LogP contribution in [0, 0.1) is 0 Å². The molecule has 140 valence electrons. The molecule has 2 rings (SSSR count). The predicted molar refractivity (Wildman–Crippen MR) is 108 cm³/mol. The van der Waals surface area contributed by atoms with E-state index in [1.165, 1.54) is 0 Å². The molecule has 1 heterocycles. The third kappa shape index (κ3) is 5.88. The van der Waals surface area contributed by atoms with Crippen LogP contribution in [-0.4, -0.2) is 33.8 Å². The SMILES string of the molecule is C=C(C)CN=C(NCCn1cnnc1CC)NC(C)c1ccccc1Cl. The summed E-state index contributed by atoms with van der Waals surface area (Å²) >= 11 is 6.30. The maximum Gasteiger partial charge on any atom is 0.192 e. The highest BCUT2D eigenvalue weighted by Crippen LogP contribution is 2.21. The molecule has 7 heteroatoms. The van der Waals surface area contributed by atoms with E-state index in [2.05, 4.69) is 46.2 Å². The van der Waals surface area contributed by atoms with E-state index in [0.29, 0.717) is 13.1 Å². The second-order valence-electron chi connectivity index (χ2n) is 6.23. The van der Waals surface area contributed by atoms with Crippen molar-refractivity contribution in [3.63, 3.8) is 0 Å². The minimum absolute atomic E-state index is 0.0289. The van der Waals surface area contributed by atoms with Crippen LogP contribution in [0.5, 0.6) is 0 Å². The largest absolute Gasteiger partial charge is 0.355 e. The summed E-state index contributed by atoms with van der Waals surface area (Å²) in [6.07, 6.45) is 2.61. The molecule has 2 N–H and O–H groups in total. The van der Waals surface area contributed by atoms with Gasteiger partial charge in [-0.2, -0.15) is 0 Å². The maximum absolute atomic E-state index is 6.30. The highest BCUT2D eigenvalue weighted by atomic mass is 35.5. The van der Waals surface area contributed by atoms with Crippen LogP contribution < -0.4 is 10.6 Å². The number of hydrogen-bond donors (Lipinski definition) is 2. The lowest BCUT2D eigenvalue weighted by Crippen LogP contribution is -2.40. The fraction of sp³-hybridized carbons (Fsp3) is 0.421. The molecule has 0 amide bonds. The summed E-state index contributed by atoms with van der Waals surface area (Å²) < 4.78 is 2.04. The Morgan fingerprint density at radius 1 is 1.38 bits per heavy atom. The molecule has 0 bridgehead atoms. The number of hydrogen-bond acceptors (Lipinski definition) is 3. The Labute approximate surface area is 160 Å². The molecule has 0 radical (unpaired) electrons. The van der Waals surface area contributed by atoms with E-state index in [1.54, 1.807) is 6.33 Å². The van der Waals surface area contributed by atoms with Gasteiger partial charge in [0.1, 0.15) is 12.2 Å². The van der Waals surface area contributed by atoms with Crippen LogP contribution in [0.3, 0.4) is 0 Å². The lowest BCUT2D eigenvalue weighted by molar-refractivity contribution is 0.620. The van der Waals surface area contributed by atoms with Gasteiger partial charge in [-0.25, -0.2) is 4.99 Å². The Morgan fingerprint density at radius 3 is 2.85 bits per heavy atom. The number of guanidine groups is 1. The zero-order valence-corrected chi connectivity index (χ0v) is 16.4. The summed E-state index contributed by atoms with van der Waals surface area (Å²) in [7, 11) is 0. The number of nitrogens with one attached hydrogen (secondary N) is 2. The van der Waals surface area contributed by atoms with Crippen LogP contribution in [0.4, 0.5) is 0 Å². The zero-order chi connectivity index (χ0) is 18.9. The number of aryl methyl sites for hydroxylation is 1. The monoisotopic (exact) mass is 374 g/mol. The van der Waals surface area contributed by atoms with Gasteiger partial charge in [0.25, 0.3) is 0 Å². The van der Waals surface area contributed by atoms with Crippen molar-refractivity contribution < 1.29 is 0 Å². The summed E-state index contributed by atoms with van der Waals surface area (Å²) in [5, 5.41) is 15.6. The van der Waals surface area contributed by atoms with E-state index in [4.69, 9.17) is 11.6 Å². The quantitative estimate of drug-likeness (QED) is 0.422. The van der Waals surface area contributed by atoms with Gasteiger partial charge in [0.05, 0.1) is 12.6 Å². The average Bonchev–Trinajstić information content (AvgIpc) is 3.07. The molecule has 1 atom stereocenters. The van der Waals surface area contributed by atoms with Crippen LogP contribution in [0.1, 0.15) is 38.2 Å². The van der Waals surface area contributed by atoms with Crippen molar-refractivity contribution in [2.24, 2.45) is 4.99 Å². The highest BCUT2D eigenvalue weighted by Gasteiger charge is 2.11. The van der Waals surface area contributed by atoms with E-state index in [0.717, 1.165) is 40.9 Å². The molecule has 0 spiro atoms. The van der Waals surface area contributed by atoms with E-state index in [9.17, 15) is 0 Å². The third-order valence-electron chi connectivity index (χ3n) is 3.89. The third-order valence-corrected chi connectivity index (χ3v) is 4.23. The van der Waals surface area contributed by atoms with Gasteiger partial charge in [0, 0.05) is 24.5 Å². The molecule has 0 saturated heterocycles. The zero-order valence-electron chi connectivity index (χ0n) is 15.7. The van der Waals surface area contributed by atoms with Crippen molar-refractivity contribution in [3.8, 4) is 0 Å². The first-order chi connectivity index (χ1) is 12.5. The first-order valence-electron chi connectivity index (χ1n) is 8.81. The van der Waals surface area contributed by atoms with E-state index >= 15 is 0 Å². The second-order valence-corrected chi connectivity index (χ2v) is 6.64. The molecule has 26 heavy (non-hydrogen) atoms. The van der Waals surface area contributed by atoms with Gasteiger partial charge in [-0.3, -0.25) is 0 Å². The molecular formula is C19H27ClN6. The van der Waals surface area contributed by atoms with Gasteiger partial charge in [0.2, 0.25) is 0 Å². The molecule has 1 aromatic heterocycles. The van der Waals surface area contributed by atoms with Crippen molar-refractivity contribution in [3.05, 3.63) is 59.2 Å². The topological polar surface area (TPSA) is 67.1 Å². The summed E-state index contributed by atoms with van der Waals surface area (Å²) in [5.41, 5.74) is 2.04. The number of benzene rings is 1. The molecule has 2 aromatic rings. The van der Waals surface area contributed by atoms with Gasteiger partial charge in [-0.15, -0.1) is 10.2 Å². The first-order valence-corrected chi connectivity index (χ1v) is 9.19. The molecule has 6 nitrogen and oxygen atoms in total. The Bertz CT molecular complexity index is 752. The van der Waals surface area contributed by atoms with E-state index in [1.807, 2.05) is 35.8 Å². The minimum atomic E-state index is 0.0289. The lowest BCUT2D eigenvalue weighted by atomic mass is 10.1. The van der Waals surface area contributed by atoms with Crippen molar-refractivity contribution in [1.29, 1.82) is 0 Å². The number of aliphatic imine (C=N–C) groups is 1. The number of nitrogens with zero attached hydrogens (tertiary/aromatic N) is 4. The van der Waals surface area contributed by atoms with Crippen molar-refractivity contribution in [2.45, 2.75) is 39.8 Å². The maximum atomic E-state index is 6.30. The van der Waals surface area contributed by atoms with Gasteiger partial charge >= 0.3 is 0 Å². The molecule has 1 unspecified atom stereocenters. The minimum Gasteiger partial charge on any atom is -0.355 e. The fourth-order valence-electron chi connectivity index (χ4n) is 2.51. The van der Waals surface area contributed by atoms with Crippen LogP contribution >= 0.6 is 11.6 Å². The van der Waals surface area contributed by atoms with Gasteiger partial charge in [0.15, 0.2) is 5.96 Å². The average molecular weight is 375 g/mol. The molecule has 1 aromatic carbocycles. The van der Waals surface area contributed by atoms with Gasteiger partial charge < -0.3 is 15.2 Å². The Hall–Kier alpha value is -2.34. The Balaban J connectivity index is 2.00. The summed E-state index contributed by atoms with van der Waals surface area (Å²) in [4.78, 5) is 4.59. The van der Waals surface area contributed by atoms with Crippen molar-refractivity contribution in [1.82, 2.24) is 25.4 Å². The number of rotatable bonds is 8. The van der Waals surface area contributed by atoms with Crippen molar-refractivity contribution >= 4 is 17.6 Å². The smallest absolute Gasteiger partial charge is 0.192 e. The molecule has 0 saturated carbocycles. The molecule has 0 aliphatic rings. The second kappa shape index (κ2) is 9.97. The van der Waals surface area contributed by atoms with Gasteiger partial charge in [-0.1, -0.05) is 48.9 Å². The predicted octanol–water partition coefficient (Wildman–Crippen LogP) is 3.37. The van der Waals surface area contributed by atoms with E-state index in [-0.39, 0.29) is 6.04 Å². The number of aromatic nitrogens is 3. The highest BCUT2D eigenvalue weighted by molar-refractivity contribution is 6.31. The lowest BCUT2D eigenvalue weighted by Gasteiger charge is -2.20. The fourth-order valence-corrected chi connectivity index (χ4v) is 2.81. The van der Waals surface area contributed by atoms with Crippen LogP contribution in [-0.2, 0) is 13.0 Å². The first kappa shape index (κ1) is 20.0. The molecule has 0 aliphatic carbocycles. The van der Waals surface area contributed by atoms with Crippen LogP contribution in [0.2, 0.25) is 5.02 Å². The molecule has 0 fully saturated rings. The normalized spacial score (nSPS) is 12.7. The summed E-state index contributed by atoms with van der Waals surface area (Å²) in [5.74, 6) is 1.70. The Morgan fingerprint density at radius 2 is 2.15 bits per heavy atom. The molecular weight excluding hydrogens is 348 g/mol. The van der Waals surface area contributed by atoms with Crippen LogP contribution in [0.25, 0.3) is 0 Å². The Kier molecular flexibility index (Phi) is 7.66.